The maximum absolute atomic E-state index is 12.8. The van der Waals surface area contributed by atoms with E-state index in [-0.39, 0.29) is 23.7 Å². The van der Waals surface area contributed by atoms with E-state index in [1.165, 1.54) is 24.3 Å². The van der Waals surface area contributed by atoms with Gasteiger partial charge in [0.05, 0.1) is 6.61 Å². The van der Waals surface area contributed by atoms with Gasteiger partial charge >= 0.3 is 5.97 Å². The fourth-order valence-electron chi connectivity index (χ4n) is 1.74. The quantitative estimate of drug-likeness (QED) is 0.860. The zero-order valence-electron chi connectivity index (χ0n) is 10.4. The lowest BCUT2D eigenvalue weighted by Gasteiger charge is -2.07. The van der Waals surface area contributed by atoms with Crippen molar-refractivity contribution in [1.82, 2.24) is 0 Å². The zero-order chi connectivity index (χ0) is 13.8. The number of halogens is 1. The van der Waals surface area contributed by atoms with Gasteiger partial charge in [0.15, 0.2) is 0 Å². The molecule has 1 N–H and O–H groups in total. The number of hydrogen-bond donors (Lipinski definition) is 1. The highest BCUT2D eigenvalue weighted by Gasteiger charge is 2.12. The van der Waals surface area contributed by atoms with E-state index in [4.69, 9.17) is 4.74 Å². The van der Waals surface area contributed by atoms with E-state index in [1.54, 1.807) is 25.1 Å². The molecule has 0 radical (unpaired) electrons. The van der Waals surface area contributed by atoms with Crippen LogP contribution in [0, 0.1) is 5.82 Å². The normalized spacial score (nSPS) is 10.2. The maximum atomic E-state index is 12.8. The summed E-state index contributed by atoms with van der Waals surface area (Å²) in [5.41, 5.74) is 1.57. The van der Waals surface area contributed by atoms with Crippen molar-refractivity contribution in [3.05, 3.63) is 53.8 Å². The number of carbonyl (C=O) groups is 1. The Hall–Kier alpha value is -2.36. The summed E-state index contributed by atoms with van der Waals surface area (Å²) in [5.74, 6) is -1.04. The van der Waals surface area contributed by atoms with Crippen molar-refractivity contribution >= 4 is 5.97 Å². The lowest BCUT2D eigenvalue weighted by Crippen LogP contribution is -2.04. The molecule has 3 nitrogen and oxygen atoms in total. The molecule has 0 saturated carbocycles. The molecule has 0 saturated heterocycles. The van der Waals surface area contributed by atoms with Gasteiger partial charge in [0, 0.05) is 0 Å². The largest absolute Gasteiger partial charge is 0.507 e. The van der Waals surface area contributed by atoms with Crippen LogP contribution in [0.5, 0.6) is 5.75 Å². The fourth-order valence-corrected chi connectivity index (χ4v) is 1.74. The van der Waals surface area contributed by atoms with Crippen LogP contribution in [0.15, 0.2) is 42.5 Å². The van der Waals surface area contributed by atoms with Crippen LogP contribution in [0.3, 0.4) is 0 Å². The molecular formula is C15H13FO3. The average Bonchev–Trinajstić information content (AvgIpc) is 2.39. The molecule has 0 heterocycles. The van der Waals surface area contributed by atoms with Crippen molar-refractivity contribution in [2.45, 2.75) is 6.92 Å². The van der Waals surface area contributed by atoms with Gasteiger partial charge in [0.25, 0.3) is 0 Å². The van der Waals surface area contributed by atoms with E-state index in [9.17, 15) is 14.3 Å². The molecule has 0 bridgehead atoms. The molecule has 0 spiro atoms. The Morgan fingerprint density at radius 3 is 2.37 bits per heavy atom. The van der Waals surface area contributed by atoms with E-state index >= 15 is 0 Å². The standard InChI is InChI=1S/C15H13FO3/c1-2-19-15(18)13-8-5-11(9-14(13)17)10-3-6-12(16)7-4-10/h3-9,17H,2H2,1H3. The van der Waals surface area contributed by atoms with Crippen LogP contribution < -0.4 is 0 Å². The Morgan fingerprint density at radius 1 is 1.16 bits per heavy atom. The minimum atomic E-state index is -0.564. The summed E-state index contributed by atoms with van der Waals surface area (Å²) >= 11 is 0. The smallest absolute Gasteiger partial charge is 0.341 e. The van der Waals surface area contributed by atoms with E-state index in [2.05, 4.69) is 0 Å². The SMILES string of the molecule is CCOC(=O)c1ccc(-c2ccc(F)cc2)cc1O. The van der Waals surface area contributed by atoms with Gasteiger partial charge in [0.1, 0.15) is 17.1 Å². The molecule has 0 amide bonds. The highest BCUT2D eigenvalue weighted by Crippen LogP contribution is 2.27. The lowest BCUT2D eigenvalue weighted by molar-refractivity contribution is 0.0523. The number of carbonyl (C=O) groups excluding carboxylic acids is 1. The molecular weight excluding hydrogens is 247 g/mol. The van der Waals surface area contributed by atoms with Gasteiger partial charge in [-0.05, 0) is 42.3 Å². The molecule has 4 heteroatoms. The number of esters is 1. The summed E-state index contributed by atoms with van der Waals surface area (Å²) in [6.07, 6.45) is 0. The molecule has 19 heavy (non-hydrogen) atoms. The Bertz CT molecular complexity index is 591. The molecule has 0 fully saturated rings. The summed E-state index contributed by atoms with van der Waals surface area (Å²) in [7, 11) is 0. The maximum Gasteiger partial charge on any atom is 0.341 e. The molecule has 98 valence electrons. The third kappa shape index (κ3) is 2.91. The zero-order valence-corrected chi connectivity index (χ0v) is 10.4. The second-order valence-electron chi connectivity index (χ2n) is 3.96. The summed E-state index contributed by atoms with van der Waals surface area (Å²) in [6.45, 7) is 1.94. The Balaban J connectivity index is 2.33. The lowest BCUT2D eigenvalue weighted by atomic mass is 10.0. The topological polar surface area (TPSA) is 46.5 Å². The minimum absolute atomic E-state index is 0.118. The predicted molar refractivity (Wildman–Crippen MR) is 69.5 cm³/mol. The molecule has 0 atom stereocenters. The van der Waals surface area contributed by atoms with Gasteiger partial charge in [-0.2, -0.15) is 0 Å². The molecule has 0 aliphatic heterocycles. The first-order chi connectivity index (χ1) is 9.11. The van der Waals surface area contributed by atoms with Crippen molar-refractivity contribution in [1.29, 1.82) is 0 Å². The summed E-state index contributed by atoms with van der Waals surface area (Å²) in [5, 5.41) is 9.83. The molecule has 2 aromatic carbocycles. The van der Waals surface area contributed by atoms with Crippen molar-refractivity contribution in [3.63, 3.8) is 0 Å². The average molecular weight is 260 g/mol. The van der Waals surface area contributed by atoms with Gasteiger partial charge < -0.3 is 9.84 Å². The molecule has 0 aliphatic rings. The highest BCUT2D eigenvalue weighted by atomic mass is 19.1. The van der Waals surface area contributed by atoms with Crippen LogP contribution in [-0.4, -0.2) is 17.7 Å². The highest BCUT2D eigenvalue weighted by molar-refractivity contribution is 5.93. The van der Waals surface area contributed by atoms with Gasteiger partial charge in [-0.25, -0.2) is 9.18 Å². The summed E-state index contributed by atoms with van der Waals surface area (Å²) < 4.78 is 17.6. The van der Waals surface area contributed by atoms with Gasteiger partial charge in [-0.15, -0.1) is 0 Å². The van der Waals surface area contributed by atoms with E-state index < -0.39 is 5.97 Å². The molecule has 2 rings (SSSR count). The number of rotatable bonds is 3. The number of phenolic OH excluding ortho intramolecular Hbond substituents is 1. The van der Waals surface area contributed by atoms with E-state index in [0.29, 0.717) is 5.56 Å². The second-order valence-corrected chi connectivity index (χ2v) is 3.96. The number of hydrogen-bond acceptors (Lipinski definition) is 3. The number of aromatic hydroxyl groups is 1. The van der Waals surface area contributed by atoms with Crippen LogP contribution in [0.2, 0.25) is 0 Å². The predicted octanol–water partition coefficient (Wildman–Crippen LogP) is 3.38. The Morgan fingerprint density at radius 2 is 1.79 bits per heavy atom. The van der Waals surface area contributed by atoms with E-state index in [0.717, 1.165) is 5.56 Å². The van der Waals surface area contributed by atoms with Crippen molar-refractivity contribution in [2.75, 3.05) is 6.61 Å². The minimum Gasteiger partial charge on any atom is -0.507 e. The Kier molecular flexibility index (Phi) is 3.80. The van der Waals surface area contributed by atoms with Crippen LogP contribution in [0.25, 0.3) is 11.1 Å². The third-order valence-electron chi connectivity index (χ3n) is 2.67. The van der Waals surface area contributed by atoms with Gasteiger partial charge in [-0.3, -0.25) is 0 Å². The van der Waals surface area contributed by atoms with Gasteiger partial charge in [-0.1, -0.05) is 18.2 Å². The monoisotopic (exact) mass is 260 g/mol. The first-order valence-electron chi connectivity index (χ1n) is 5.88. The van der Waals surface area contributed by atoms with E-state index in [1.807, 2.05) is 0 Å². The van der Waals surface area contributed by atoms with Crippen molar-refractivity contribution < 1.29 is 19.0 Å². The van der Waals surface area contributed by atoms with Crippen LogP contribution >= 0.6 is 0 Å². The Labute approximate surface area is 110 Å². The first kappa shape index (κ1) is 13.1. The number of ether oxygens (including phenoxy) is 1. The molecule has 0 aliphatic carbocycles. The summed E-state index contributed by atoms with van der Waals surface area (Å²) in [6, 6.07) is 10.5. The van der Waals surface area contributed by atoms with Crippen LogP contribution in [0.4, 0.5) is 4.39 Å². The second kappa shape index (κ2) is 5.52. The first-order valence-corrected chi connectivity index (χ1v) is 5.88. The van der Waals surface area contributed by atoms with Crippen LogP contribution in [0.1, 0.15) is 17.3 Å². The molecule has 0 unspecified atom stereocenters. The molecule has 0 aromatic heterocycles. The van der Waals surface area contributed by atoms with Crippen molar-refractivity contribution in [2.24, 2.45) is 0 Å². The summed E-state index contributed by atoms with van der Waals surface area (Å²) in [4.78, 5) is 11.5. The fraction of sp³-hybridized carbons (Fsp3) is 0.133. The third-order valence-corrected chi connectivity index (χ3v) is 2.67. The van der Waals surface area contributed by atoms with Crippen molar-refractivity contribution in [3.8, 4) is 16.9 Å². The van der Waals surface area contributed by atoms with Crippen LogP contribution in [-0.2, 0) is 4.74 Å². The molecule has 2 aromatic rings. The number of benzene rings is 2. The number of phenols is 1. The van der Waals surface area contributed by atoms with Gasteiger partial charge in [0.2, 0.25) is 0 Å².